The van der Waals surface area contributed by atoms with E-state index in [9.17, 15) is 8.78 Å². The van der Waals surface area contributed by atoms with Crippen LogP contribution in [0.4, 0.5) is 19.6 Å². The molecule has 1 aromatic carbocycles. The van der Waals surface area contributed by atoms with Crippen molar-refractivity contribution < 1.29 is 8.78 Å². The number of benzene rings is 1. The zero-order valence-electron chi connectivity index (χ0n) is 10.5. The number of nitrogens with zero attached hydrogens (tertiary/aromatic N) is 2. The Morgan fingerprint density at radius 2 is 2.00 bits per heavy atom. The van der Waals surface area contributed by atoms with Crippen molar-refractivity contribution in [1.82, 2.24) is 9.97 Å². The van der Waals surface area contributed by atoms with Gasteiger partial charge in [0.05, 0.1) is 17.6 Å². The molecule has 0 aliphatic heterocycles. The van der Waals surface area contributed by atoms with Gasteiger partial charge in [-0.3, -0.25) is 0 Å². The average Bonchev–Trinajstić information content (AvgIpc) is 2.92. The first-order valence-electron chi connectivity index (χ1n) is 5.91. The molecule has 0 saturated carbocycles. The normalized spacial score (nSPS) is 10.6. The topological polar surface area (TPSA) is 37.8 Å². The summed E-state index contributed by atoms with van der Waals surface area (Å²) in [6.45, 7) is 0. The Morgan fingerprint density at radius 1 is 1.14 bits per heavy atom. The van der Waals surface area contributed by atoms with Gasteiger partial charge in [-0.25, -0.2) is 18.7 Å². The Bertz CT molecular complexity index is 774. The van der Waals surface area contributed by atoms with Crippen LogP contribution < -0.4 is 5.32 Å². The van der Waals surface area contributed by atoms with Crippen LogP contribution in [0.2, 0.25) is 5.15 Å². The van der Waals surface area contributed by atoms with Gasteiger partial charge in [0, 0.05) is 10.9 Å². The van der Waals surface area contributed by atoms with Crippen molar-refractivity contribution >= 4 is 33.8 Å². The Kier molecular flexibility index (Phi) is 3.81. The highest BCUT2D eigenvalue weighted by Crippen LogP contribution is 2.29. The lowest BCUT2D eigenvalue weighted by molar-refractivity contribution is 0.603. The largest absolute Gasteiger partial charge is 0.330 e. The molecule has 1 N–H and O–H groups in total. The maximum absolute atomic E-state index is 13.7. The first-order valence-corrected chi connectivity index (χ1v) is 7.17. The van der Waals surface area contributed by atoms with E-state index < -0.39 is 11.6 Å². The summed E-state index contributed by atoms with van der Waals surface area (Å²) in [5.74, 6) is -1.02. The molecule has 2 heterocycles. The smallest absolute Gasteiger partial charge is 0.187 e. The number of hydrogen-bond acceptors (Lipinski definition) is 4. The molecule has 0 aliphatic carbocycles. The minimum absolute atomic E-state index is 0.133. The molecule has 3 rings (SSSR count). The van der Waals surface area contributed by atoms with Crippen molar-refractivity contribution in [3.63, 3.8) is 0 Å². The lowest BCUT2D eigenvalue weighted by atomic mass is 10.1. The van der Waals surface area contributed by atoms with Gasteiger partial charge in [-0.1, -0.05) is 11.6 Å². The van der Waals surface area contributed by atoms with Gasteiger partial charge in [0.25, 0.3) is 0 Å². The number of aromatic nitrogens is 2. The van der Waals surface area contributed by atoms with E-state index in [0.29, 0.717) is 21.7 Å². The van der Waals surface area contributed by atoms with E-state index >= 15 is 0 Å². The zero-order valence-corrected chi connectivity index (χ0v) is 12.1. The molecule has 0 bridgehead atoms. The predicted octanol–water partition coefficient (Wildman–Crippen LogP) is 4.88. The van der Waals surface area contributed by atoms with Crippen LogP contribution in [0.1, 0.15) is 0 Å². The van der Waals surface area contributed by atoms with E-state index in [1.54, 1.807) is 23.7 Å². The second kappa shape index (κ2) is 5.75. The summed E-state index contributed by atoms with van der Waals surface area (Å²) in [6, 6.07) is 6.67. The fraction of sp³-hybridized carbons (Fsp3) is 0. The van der Waals surface area contributed by atoms with Gasteiger partial charge in [-0.05, 0) is 30.3 Å². The second-order valence-corrected chi connectivity index (χ2v) is 5.40. The van der Waals surface area contributed by atoms with Crippen LogP contribution in [0.25, 0.3) is 11.3 Å². The molecule has 0 unspecified atom stereocenters. The molecular formula is C14H8ClF2N3S. The summed E-state index contributed by atoms with van der Waals surface area (Å²) in [6.07, 6.45) is 1.56. The molecule has 0 aliphatic rings. The van der Waals surface area contributed by atoms with Crippen molar-refractivity contribution in [2.24, 2.45) is 0 Å². The Labute approximate surface area is 128 Å². The van der Waals surface area contributed by atoms with Crippen LogP contribution in [0, 0.1) is 11.6 Å². The number of anilines is 2. The molecule has 0 fully saturated rings. The summed E-state index contributed by atoms with van der Waals surface area (Å²) < 4.78 is 26.9. The molecular weight excluding hydrogens is 316 g/mol. The van der Waals surface area contributed by atoms with Crippen LogP contribution in [-0.4, -0.2) is 9.97 Å². The summed E-state index contributed by atoms with van der Waals surface area (Å²) in [7, 11) is 0. The molecule has 3 nitrogen and oxygen atoms in total. The number of nitrogens with one attached hydrogen (secondary N) is 1. The van der Waals surface area contributed by atoms with Gasteiger partial charge in [0.2, 0.25) is 0 Å². The molecule has 0 radical (unpaired) electrons. The molecule has 0 atom stereocenters. The summed E-state index contributed by atoms with van der Waals surface area (Å²) >= 11 is 6.99. The number of halogens is 3. The number of rotatable bonds is 3. The number of pyridine rings is 1. The number of hydrogen-bond donors (Lipinski definition) is 1. The quantitative estimate of drug-likeness (QED) is 0.698. The van der Waals surface area contributed by atoms with Crippen molar-refractivity contribution in [2.75, 3.05) is 5.32 Å². The standard InChI is InChI=1S/C14H8ClF2N3S/c15-13-4-2-9(6-18-13)19-14-20-12(7-21-14)10-5-8(16)1-3-11(10)17/h1-7H,(H,19,20). The fourth-order valence-electron chi connectivity index (χ4n) is 1.72. The number of thiazole rings is 1. The van der Waals surface area contributed by atoms with Gasteiger partial charge in [-0.2, -0.15) is 0 Å². The van der Waals surface area contributed by atoms with E-state index in [-0.39, 0.29) is 5.56 Å². The van der Waals surface area contributed by atoms with Crippen molar-refractivity contribution in [2.45, 2.75) is 0 Å². The Balaban J connectivity index is 1.86. The third kappa shape index (κ3) is 3.17. The van der Waals surface area contributed by atoms with Gasteiger partial charge in [0.1, 0.15) is 16.8 Å². The average molecular weight is 324 g/mol. The SMILES string of the molecule is Fc1ccc(F)c(-c2csc(Nc3ccc(Cl)nc3)n2)c1. The Hall–Kier alpha value is -2.05. The van der Waals surface area contributed by atoms with Crippen molar-refractivity contribution in [3.05, 3.63) is 58.7 Å². The molecule has 21 heavy (non-hydrogen) atoms. The van der Waals surface area contributed by atoms with Gasteiger partial charge in [-0.15, -0.1) is 11.3 Å². The third-order valence-electron chi connectivity index (χ3n) is 2.69. The monoisotopic (exact) mass is 323 g/mol. The lowest BCUT2D eigenvalue weighted by Crippen LogP contribution is -1.91. The van der Waals surface area contributed by atoms with Crippen LogP contribution in [0.15, 0.2) is 41.9 Å². The van der Waals surface area contributed by atoms with E-state index in [1.165, 1.54) is 11.3 Å². The molecule has 0 amide bonds. The van der Waals surface area contributed by atoms with E-state index in [1.807, 2.05) is 0 Å². The van der Waals surface area contributed by atoms with Gasteiger partial charge in [0.15, 0.2) is 5.13 Å². The minimum Gasteiger partial charge on any atom is -0.330 e. The van der Waals surface area contributed by atoms with Crippen LogP contribution in [0.5, 0.6) is 0 Å². The van der Waals surface area contributed by atoms with Crippen molar-refractivity contribution in [1.29, 1.82) is 0 Å². The predicted molar refractivity (Wildman–Crippen MR) is 80.0 cm³/mol. The molecule has 0 spiro atoms. The molecule has 106 valence electrons. The molecule has 7 heteroatoms. The summed E-state index contributed by atoms with van der Waals surface area (Å²) in [4.78, 5) is 8.18. The van der Waals surface area contributed by atoms with E-state index in [4.69, 9.17) is 11.6 Å². The minimum atomic E-state index is -0.513. The molecule has 3 aromatic rings. The van der Waals surface area contributed by atoms with Gasteiger partial charge >= 0.3 is 0 Å². The maximum atomic E-state index is 13.7. The first-order chi connectivity index (χ1) is 10.1. The van der Waals surface area contributed by atoms with Crippen molar-refractivity contribution in [3.8, 4) is 11.3 Å². The maximum Gasteiger partial charge on any atom is 0.187 e. The Morgan fingerprint density at radius 3 is 2.76 bits per heavy atom. The highest BCUT2D eigenvalue weighted by Gasteiger charge is 2.11. The fourth-order valence-corrected chi connectivity index (χ4v) is 2.56. The highest BCUT2D eigenvalue weighted by molar-refractivity contribution is 7.14. The third-order valence-corrected chi connectivity index (χ3v) is 3.67. The highest BCUT2D eigenvalue weighted by atomic mass is 35.5. The van der Waals surface area contributed by atoms with Gasteiger partial charge < -0.3 is 5.32 Å². The summed E-state index contributed by atoms with van der Waals surface area (Å²) in [5.41, 5.74) is 1.22. The van der Waals surface area contributed by atoms with E-state index in [2.05, 4.69) is 15.3 Å². The summed E-state index contributed by atoms with van der Waals surface area (Å²) in [5, 5.41) is 5.63. The van der Waals surface area contributed by atoms with Crippen LogP contribution in [-0.2, 0) is 0 Å². The first kappa shape index (κ1) is 13.9. The second-order valence-electron chi connectivity index (χ2n) is 4.16. The zero-order chi connectivity index (χ0) is 14.8. The van der Waals surface area contributed by atoms with Crippen LogP contribution in [0.3, 0.4) is 0 Å². The van der Waals surface area contributed by atoms with E-state index in [0.717, 1.165) is 18.2 Å². The molecule has 2 aromatic heterocycles. The van der Waals surface area contributed by atoms with Crippen LogP contribution >= 0.6 is 22.9 Å². The molecule has 0 saturated heterocycles. The lowest BCUT2D eigenvalue weighted by Gasteiger charge is -2.02.